The summed E-state index contributed by atoms with van der Waals surface area (Å²) in [5, 5.41) is 47.2. The molecule has 0 heterocycles. The fourth-order valence-electron chi connectivity index (χ4n) is 8.04. The molecular formula is C56H55N9O11S2. The molecule has 0 aliphatic heterocycles. The summed E-state index contributed by atoms with van der Waals surface area (Å²) >= 11 is 0. The summed E-state index contributed by atoms with van der Waals surface area (Å²) in [5.74, 6) is -0.180. The molecule has 0 fully saturated rings. The van der Waals surface area contributed by atoms with Crippen molar-refractivity contribution in [3.05, 3.63) is 156 Å². The Labute approximate surface area is 450 Å². The lowest BCUT2D eigenvalue weighted by molar-refractivity contribution is 0.102. The van der Waals surface area contributed by atoms with Gasteiger partial charge in [0.25, 0.3) is 26.1 Å². The van der Waals surface area contributed by atoms with Crippen molar-refractivity contribution in [1.82, 2.24) is 0 Å². The lowest BCUT2D eigenvalue weighted by atomic mass is 10.1. The van der Waals surface area contributed by atoms with Crippen LogP contribution in [0.5, 0.6) is 23.0 Å². The van der Waals surface area contributed by atoms with E-state index in [0.717, 1.165) is 27.5 Å². The molecule has 0 aliphatic carbocycles. The predicted molar refractivity (Wildman–Crippen MR) is 302 cm³/mol. The number of phenolic OH excluding ortho intramolecular Hbond substituents is 1. The molecule has 8 aromatic carbocycles. The number of anilines is 4. The first-order chi connectivity index (χ1) is 37.3. The van der Waals surface area contributed by atoms with Crippen molar-refractivity contribution in [2.24, 2.45) is 30.7 Å². The van der Waals surface area contributed by atoms with Gasteiger partial charge in [-0.3, -0.25) is 13.9 Å². The highest BCUT2D eigenvalue weighted by Crippen LogP contribution is 2.42. The minimum absolute atomic E-state index is 0.0212. The molecule has 8 rings (SSSR count). The first-order valence-electron chi connectivity index (χ1n) is 24.4. The third kappa shape index (κ3) is 14.8. The number of ether oxygens (including phenoxy) is 3. The van der Waals surface area contributed by atoms with Gasteiger partial charge in [0.2, 0.25) is 0 Å². The second kappa shape index (κ2) is 24.4. The number of nitrogens with zero attached hydrogens (tertiary/aromatic N) is 6. The average Bonchev–Trinajstić information content (AvgIpc) is 3.42. The number of hydrogen-bond acceptors (Lipinski definition) is 17. The molecule has 0 unspecified atom stereocenters. The van der Waals surface area contributed by atoms with Gasteiger partial charge in [-0.05, 0) is 165 Å². The number of methoxy groups -OCH3 is 1. The maximum absolute atomic E-state index is 13.5. The van der Waals surface area contributed by atoms with Crippen LogP contribution in [0.15, 0.2) is 164 Å². The van der Waals surface area contributed by atoms with Crippen LogP contribution >= 0.6 is 0 Å². The molecule has 0 bridgehead atoms. The number of amides is 1. The molecular weight excluding hydrogens is 1040 g/mol. The van der Waals surface area contributed by atoms with Crippen LogP contribution in [0.2, 0.25) is 0 Å². The first-order valence-corrected chi connectivity index (χ1v) is 27.6. The van der Waals surface area contributed by atoms with Gasteiger partial charge in [0, 0.05) is 51.2 Å². The van der Waals surface area contributed by atoms with Gasteiger partial charge in [0.15, 0.2) is 5.75 Å². The number of rotatable bonds is 22. The monoisotopic (exact) mass is 1090 g/mol. The van der Waals surface area contributed by atoms with E-state index >= 15 is 0 Å². The van der Waals surface area contributed by atoms with E-state index in [-0.39, 0.29) is 60.6 Å². The standard InChI is InChI=1S/C56H55N9O11S2/c1-34-27-39(56(67)59-43-16-11-37-9-7-10-52(45(37)31-43)75-23-5-6-25-77(68,69)70)13-21-46(34)60-62-49-33-54(76-24-8-26-78(71,72)73)51(29-36(49)3)65-63-48-32-53(74-4)50(28-35(48)2)64-61-47-22-12-38-30-42(19-20-44(38)55(47)66)58-41-17-14-40(57)15-18-41/h7,9-22,27-33,58,66H,5-6,8,23-26,57H2,1-4H3,(H,59,67)(H,68,69,70)(H,71,72,73). The van der Waals surface area contributed by atoms with Crippen molar-refractivity contribution in [3.63, 3.8) is 0 Å². The van der Waals surface area contributed by atoms with Gasteiger partial charge in [-0.2, -0.15) is 32.2 Å². The third-order valence-electron chi connectivity index (χ3n) is 12.2. The van der Waals surface area contributed by atoms with Crippen LogP contribution in [0.4, 0.5) is 56.9 Å². The molecule has 0 atom stereocenters. The molecule has 20 nitrogen and oxygen atoms in total. The van der Waals surface area contributed by atoms with Crippen molar-refractivity contribution >= 4 is 105 Å². The van der Waals surface area contributed by atoms with E-state index in [1.54, 1.807) is 86.6 Å². The second-order valence-corrected chi connectivity index (χ2v) is 21.3. The quantitative estimate of drug-likeness (QED) is 0.0159. The number of aryl methyl sites for hydroxylation is 3. The van der Waals surface area contributed by atoms with Gasteiger partial charge in [-0.1, -0.05) is 24.3 Å². The zero-order valence-corrected chi connectivity index (χ0v) is 44.5. The summed E-state index contributed by atoms with van der Waals surface area (Å²) < 4.78 is 81.0. The molecule has 8 aromatic rings. The van der Waals surface area contributed by atoms with Crippen LogP contribution in [-0.2, 0) is 20.2 Å². The maximum Gasteiger partial charge on any atom is 0.264 e. The van der Waals surface area contributed by atoms with Crippen LogP contribution in [0.3, 0.4) is 0 Å². The number of nitrogens with one attached hydrogen (secondary N) is 2. The fraction of sp³-hybridized carbons (Fsp3) is 0.196. The molecule has 1 amide bonds. The largest absolute Gasteiger partial charge is 0.505 e. The SMILES string of the molecule is COc1cc(N=Nc2cc(C)c(N=Nc3ccc(C(=O)Nc4ccc5cccc(OCCCCS(=O)(=O)O)c5c4)cc3C)cc2OCCCS(=O)(=O)O)c(C)cc1N=Nc1ccc2cc(Nc3ccc(N)cc3)ccc2c1O. The lowest BCUT2D eigenvalue weighted by Crippen LogP contribution is -2.12. The Morgan fingerprint density at radius 2 is 1.09 bits per heavy atom. The van der Waals surface area contributed by atoms with E-state index < -0.39 is 26.0 Å². The number of phenols is 1. The summed E-state index contributed by atoms with van der Waals surface area (Å²) in [4.78, 5) is 13.5. The lowest BCUT2D eigenvalue weighted by Gasteiger charge is -2.12. The first kappa shape index (κ1) is 55.4. The number of carbonyl (C=O) groups is 1. The normalized spacial score (nSPS) is 12.0. The van der Waals surface area contributed by atoms with Crippen molar-refractivity contribution in [2.45, 2.75) is 40.0 Å². The number of hydrogen-bond donors (Lipinski definition) is 6. The minimum Gasteiger partial charge on any atom is -0.505 e. The molecule has 402 valence electrons. The Balaban J connectivity index is 0.966. The van der Waals surface area contributed by atoms with E-state index in [4.69, 9.17) is 24.5 Å². The topological polar surface area (TPSA) is 298 Å². The number of nitrogens with two attached hydrogens (primary N) is 1. The second-order valence-electron chi connectivity index (χ2n) is 18.1. The minimum atomic E-state index is -4.24. The molecule has 0 saturated heterocycles. The van der Waals surface area contributed by atoms with Crippen LogP contribution in [-0.4, -0.2) is 68.8 Å². The van der Waals surface area contributed by atoms with Crippen LogP contribution in [0.1, 0.15) is 46.3 Å². The van der Waals surface area contributed by atoms with E-state index in [9.17, 15) is 31.3 Å². The van der Waals surface area contributed by atoms with E-state index in [2.05, 4.69) is 41.3 Å². The van der Waals surface area contributed by atoms with E-state index in [1.165, 1.54) is 7.11 Å². The van der Waals surface area contributed by atoms with Gasteiger partial charge in [-0.25, -0.2) is 0 Å². The number of aromatic hydroxyl groups is 1. The summed E-state index contributed by atoms with van der Waals surface area (Å²) in [6, 6.07) is 39.0. The summed E-state index contributed by atoms with van der Waals surface area (Å²) in [5.41, 5.74) is 13.2. The third-order valence-corrected chi connectivity index (χ3v) is 13.8. The fourth-order valence-corrected chi connectivity index (χ4v) is 9.10. The highest BCUT2D eigenvalue weighted by Gasteiger charge is 2.16. The number of fused-ring (bicyclic) bond motifs is 2. The maximum atomic E-state index is 13.5. The zero-order chi connectivity index (χ0) is 55.6. The molecule has 0 aromatic heterocycles. The smallest absolute Gasteiger partial charge is 0.264 e. The Morgan fingerprint density at radius 1 is 0.526 bits per heavy atom. The summed E-state index contributed by atoms with van der Waals surface area (Å²) in [7, 11) is -6.81. The average molecular weight is 1090 g/mol. The van der Waals surface area contributed by atoms with Gasteiger partial charge in [-0.15, -0.1) is 15.3 Å². The van der Waals surface area contributed by atoms with Gasteiger partial charge >= 0.3 is 0 Å². The molecule has 22 heteroatoms. The summed E-state index contributed by atoms with van der Waals surface area (Å²) in [6.45, 7) is 5.54. The number of azo groups is 3. The molecule has 0 spiro atoms. The van der Waals surface area contributed by atoms with Gasteiger partial charge < -0.3 is 35.7 Å². The highest BCUT2D eigenvalue weighted by atomic mass is 32.2. The molecule has 0 radical (unpaired) electrons. The van der Waals surface area contributed by atoms with E-state index in [1.807, 2.05) is 67.6 Å². The predicted octanol–water partition coefficient (Wildman–Crippen LogP) is 14.2. The number of unbranched alkanes of at least 4 members (excludes halogenated alkanes) is 1. The molecule has 0 aliphatic rings. The van der Waals surface area contributed by atoms with Crippen molar-refractivity contribution in [1.29, 1.82) is 0 Å². The van der Waals surface area contributed by atoms with Gasteiger partial charge in [0.05, 0.1) is 48.9 Å². The number of carbonyl (C=O) groups excluding carboxylic acids is 1. The Hall–Kier alpha value is -8.83. The Bertz CT molecular complexity index is 3870. The zero-order valence-electron chi connectivity index (χ0n) is 42.8. The van der Waals surface area contributed by atoms with Crippen molar-refractivity contribution in [3.8, 4) is 23.0 Å². The van der Waals surface area contributed by atoms with Crippen LogP contribution in [0, 0.1) is 20.8 Å². The van der Waals surface area contributed by atoms with Crippen molar-refractivity contribution < 1.29 is 50.1 Å². The van der Waals surface area contributed by atoms with E-state index in [0.29, 0.717) is 79.7 Å². The Morgan fingerprint density at radius 3 is 1.78 bits per heavy atom. The Kier molecular flexibility index (Phi) is 17.4. The summed E-state index contributed by atoms with van der Waals surface area (Å²) in [6.07, 6.45) is 0.641. The molecule has 7 N–H and O–H groups in total. The number of benzene rings is 8. The van der Waals surface area contributed by atoms with Gasteiger partial charge in [0.1, 0.15) is 34.3 Å². The van der Waals surface area contributed by atoms with Crippen LogP contribution < -0.4 is 30.6 Å². The van der Waals surface area contributed by atoms with Crippen molar-refractivity contribution in [2.75, 3.05) is 48.2 Å². The van der Waals surface area contributed by atoms with Crippen LogP contribution in [0.25, 0.3) is 21.5 Å². The highest BCUT2D eigenvalue weighted by molar-refractivity contribution is 7.86. The number of nitrogen functional groups attached to an aromatic ring is 1. The molecule has 0 saturated carbocycles. The molecule has 78 heavy (non-hydrogen) atoms.